The molecule has 0 aromatic heterocycles. The molecule has 2 aromatic rings. The number of piperidine rings is 1. The summed E-state index contributed by atoms with van der Waals surface area (Å²) in [6.07, 6.45) is 1.78. The van der Waals surface area contributed by atoms with Gasteiger partial charge in [0.05, 0.1) is 16.1 Å². The Kier molecular flexibility index (Phi) is 7.46. The van der Waals surface area contributed by atoms with Crippen molar-refractivity contribution in [2.24, 2.45) is 0 Å². The molecule has 1 saturated heterocycles. The first kappa shape index (κ1) is 22.2. The number of aryl methyl sites for hydroxylation is 1. The quantitative estimate of drug-likeness (QED) is 0.774. The van der Waals surface area contributed by atoms with Gasteiger partial charge in [-0.2, -0.15) is 0 Å². The predicted octanol–water partition coefficient (Wildman–Crippen LogP) is 3.04. The summed E-state index contributed by atoms with van der Waals surface area (Å²) in [6.45, 7) is 3.21. The molecule has 0 atom stereocenters. The molecular weight excluding hydrogens is 398 g/mol. The second-order valence-electron chi connectivity index (χ2n) is 6.82. The standard InChI is InChI=1S/C20H25N3O3S.ClH/c1-15-7-9-17(10-8-15)27(25,26)22-19-6-4-3-5-18(19)20(24)23-13-11-16(21-2)12-14-23;/h3-10,16,21-22H,11-14H2,1-2H3;1H. The van der Waals surface area contributed by atoms with Gasteiger partial charge >= 0.3 is 0 Å². The number of sulfonamides is 1. The molecule has 152 valence electrons. The van der Waals surface area contributed by atoms with Crippen LogP contribution in [0.5, 0.6) is 0 Å². The Hall–Kier alpha value is -2.09. The number of carbonyl (C=O) groups excluding carboxylic acids is 1. The van der Waals surface area contributed by atoms with Gasteiger partial charge in [0.1, 0.15) is 0 Å². The summed E-state index contributed by atoms with van der Waals surface area (Å²) in [7, 11) is -1.83. The highest BCUT2D eigenvalue weighted by Gasteiger charge is 2.25. The summed E-state index contributed by atoms with van der Waals surface area (Å²) in [6, 6.07) is 13.8. The van der Waals surface area contributed by atoms with E-state index in [4.69, 9.17) is 0 Å². The molecule has 1 fully saturated rings. The fraction of sp³-hybridized carbons (Fsp3) is 0.350. The Balaban J connectivity index is 0.00000280. The van der Waals surface area contributed by atoms with Gasteiger partial charge in [-0.1, -0.05) is 29.8 Å². The molecule has 0 bridgehead atoms. The highest BCUT2D eigenvalue weighted by Crippen LogP contribution is 2.23. The summed E-state index contributed by atoms with van der Waals surface area (Å²) >= 11 is 0. The highest BCUT2D eigenvalue weighted by molar-refractivity contribution is 7.92. The summed E-state index contributed by atoms with van der Waals surface area (Å²) in [5.74, 6) is -0.147. The van der Waals surface area contributed by atoms with Crippen LogP contribution in [0, 0.1) is 6.92 Å². The number of likely N-dealkylation sites (tertiary alicyclic amines) is 1. The first-order valence-electron chi connectivity index (χ1n) is 9.06. The molecule has 1 aliphatic heterocycles. The Morgan fingerprint density at radius 1 is 1.04 bits per heavy atom. The molecule has 2 aromatic carbocycles. The largest absolute Gasteiger partial charge is 0.338 e. The molecule has 2 N–H and O–H groups in total. The van der Waals surface area contributed by atoms with Crippen molar-refractivity contribution in [2.45, 2.75) is 30.7 Å². The van der Waals surface area contributed by atoms with Crippen molar-refractivity contribution in [3.05, 3.63) is 59.7 Å². The second kappa shape index (κ2) is 9.41. The van der Waals surface area contributed by atoms with Gasteiger partial charge in [0.25, 0.3) is 15.9 Å². The van der Waals surface area contributed by atoms with Crippen LogP contribution in [0.2, 0.25) is 0 Å². The van der Waals surface area contributed by atoms with Crippen LogP contribution in [-0.2, 0) is 10.0 Å². The molecule has 0 unspecified atom stereocenters. The number of rotatable bonds is 5. The lowest BCUT2D eigenvalue weighted by molar-refractivity contribution is 0.0708. The Morgan fingerprint density at radius 3 is 2.25 bits per heavy atom. The van der Waals surface area contributed by atoms with Crippen LogP contribution in [0.4, 0.5) is 5.69 Å². The van der Waals surface area contributed by atoms with Crippen molar-refractivity contribution in [3.8, 4) is 0 Å². The first-order valence-corrected chi connectivity index (χ1v) is 10.5. The molecule has 0 saturated carbocycles. The number of carbonyl (C=O) groups is 1. The topological polar surface area (TPSA) is 78.5 Å². The maximum atomic E-state index is 13.0. The smallest absolute Gasteiger partial charge is 0.261 e. The van der Waals surface area contributed by atoms with Crippen molar-refractivity contribution in [1.82, 2.24) is 10.2 Å². The monoisotopic (exact) mass is 423 g/mol. The van der Waals surface area contributed by atoms with E-state index < -0.39 is 10.0 Å². The normalized spacial score (nSPS) is 15.0. The predicted molar refractivity (Wildman–Crippen MR) is 114 cm³/mol. The van der Waals surface area contributed by atoms with Gasteiger partial charge in [-0.25, -0.2) is 8.42 Å². The van der Waals surface area contributed by atoms with Crippen LogP contribution in [0.3, 0.4) is 0 Å². The Bertz CT molecular complexity index is 909. The number of hydrogen-bond acceptors (Lipinski definition) is 4. The van der Waals surface area contributed by atoms with Crippen LogP contribution in [0.25, 0.3) is 0 Å². The number of anilines is 1. The average Bonchev–Trinajstić information content (AvgIpc) is 2.68. The summed E-state index contributed by atoms with van der Waals surface area (Å²) in [5, 5.41) is 3.24. The molecule has 1 heterocycles. The number of para-hydroxylation sites is 1. The lowest BCUT2D eigenvalue weighted by Crippen LogP contribution is -2.44. The van der Waals surface area contributed by atoms with E-state index in [0.717, 1.165) is 18.4 Å². The zero-order chi connectivity index (χ0) is 19.4. The van der Waals surface area contributed by atoms with E-state index in [0.29, 0.717) is 30.4 Å². The molecular formula is C20H26ClN3O3S. The minimum absolute atomic E-state index is 0. The highest BCUT2D eigenvalue weighted by atomic mass is 35.5. The third kappa shape index (κ3) is 5.04. The van der Waals surface area contributed by atoms with Crippen LogP contribution < -0.4 is 10.0 Å². The fourth-order valence-corrected chi connectivity index (χ4v) is 4.30. The zero-order valence-electron chi connectivity index (χ0n) is 16.0. The Labute approximate surface area is 172 Å². The van der Waals surface area contributed by atoms with Crippen LogP contribution in [0.15, 0.2) is 53.4 Å². The summed E-state index contributed by atoms with van der Waals surface area (Å²) in [5.41, 5.74) is 1.66. The molecule has 6 nitrogen and oxygen atoms in total. The maximum Gasteiger partial charge on any atom is 0.261 e. The van der Waals surface area contributed by atoms with E-state index in [2.05, 4.69) is 10.0 Å². The van der Waals surface area contributed by atoms with Gasteiger partial charge in [-0.05, 0) is 51.1 Å². The molecule has 1 amide bonds. The number of halogens is 1. The molecule has 3 rings (SSSR count). The van der Waals surface area contributed by atoms with Gasteiger partial charge in [0.15, 0.2) is 0 Å². The van der Waals surface area contributed by atoms with Crippen molar-refractivity contribution in [1.29, 1.82) is 0 Å². The molecule has 1 aliphatic rings. The number of nitrogens with zero attached hydrogens (tertiary/aromatic N) is 1. The van der Waals surface area contributed by atoms with Crippen molar-refractivity contribution >= 4 is 34.0 Å². The van der Waals surface area contributed by atoms with Gasteiger partial charge in [-0.3, -0.25) is 9.52 Å². The Morgan fingerprint density at radius 2 is 1.64 bits per heavy atom. The van der Waals surface area contributed by atoms with E-state index in [9.17, 15) is 13.2 Å². The number of benzene rings is 2. The molecule has 28 heavy (non-hydrogen) atoms. The third-order valence-corrected chi connectivity index (χ3v) is 6.30. The lowest BCUT2D eigenvalue weighted by Gasteiger charge is -2.32. The van der Waals surface area contributed by atoms with Crippen molar-refractivity contribution in [3.63, 3.8) is 0 Å². The average molecular weight is 424 g/mol. The fourth-order valence-electron chi connectivity index (χ4n) is 3.22. The SMILES string of the molecule is CNC1CCN(C(=O)c2ccccc2NS(=O)(=O)c2ccc(C)cc2)CC1.Cl. The van der Waals surface area contributed by atoms with Crippen LogP contribution in [-0.4, -0.2) is 45.4 Å². The number of amides is 1. The zero-order valence-corrected chi connectivity index (χ0v) is 17.6. The molecule has 8 heteroatoms. The molecule has 0 radical (unpaired) electrons. The summed E-state index contributed by atoms with van der Waals surface area (Å²) in [4.78, 5) is 14.9. The van der Waals surface area contributed by atoms with Gasteiger partial charge in [0, 0.05) is 19.1 Å². The van der Waals surface area contributed by atoms with E-state index in [1.165, 1.54) is 0 Å². The van der Waals surface area contributed by atoms with E-state index in [-0.39, 0.29) is 23.2 Å². The van der Waals surface area contributed by atoms with Crippen LogP contribution >= 0.6 is 12.4 Å². The van der Waals surface area contributed by atoms with Gasteiger partial charge in [-0.15, -0.1) is 12.4 Å². The molecule has 0 spiro atoms. The lowest BCUT2D eigenvalue weighted by atomic mass is 10.0. The van der Waals surface area contributed by atoms with E-state index in [1.807, 2.05) is 14.0 Å². The van der Waals surface area contributed by atoms with Crippen LogP contribution in [0.1, 0.15) is 28.8 Å². The number of hydrogen-bond donors (Lipinski definition) is 2. The minimum Gasteiger partial charge on any atom is -0.338 e. The van der Waals surface area contributed by atoms with Gasteiger partial charge < -0.3 is 10.2 Å². The van der Waals surface area contributed by atoms with E-state index >= 15 is 0 Å². The van der Waals surface area contributed by atoms with Crippen molar-refractivity contribution in [2.75, 3.05) is 24.9 Å². The van der Waals surface area contributed by atoms with Gasteiger partial charge in [0.2, 0.25) is 0 Å². The molecule has 0 aliphatic carbocycles. The first-order chi connectivity index (χ1) is 12.9. The van der Waals surface area contributed by atoms with Crippen molar-refractivity contribution < 1.29 is 13.2 Å². The third-order valence-electron chi connectivity index (χ3n) is 4.92. The number of nitrogens with one attached hydrogen (secondary N) is 2. The second-order valence-corrected chi connectivity index (χ2v) is 8.50. The summed E-state index contributed by atoms with van der Waals surface area (Å²) < 4.78 is 28.0. The maximum absolute atomic E-state index is 13.0. The minimum atomic E-state index is -3.76. The van der Waals surface area contributed by atoms with E-state index in [1.54, 1.807) is 53.4 Å².